The van der Waals surface area contributed by atoms with Crippen molar-refractivity contribution in [3.05, 3.63) is 34.3 Å². The lowest BCUT2D eigenvalue weighted by Crippen LogP contribution is -2.12. The molecule has 0 spiro atoms. The maximum absolute atomic E-state index is 12.3. The first-order valence-electron chi connectivity index (χ1n) is 3.94. The van der Waals surface area contributed by atoms with Crippen molar-refractivity contribution >= 4 is 29.2 Å². The van der Waals surface area contributed by atoms with Crippen LogP contribution < -0.4 is 5.73 Å². The Morgan fingerprint density at radius 1 is 1.40 bits per heavy atom. The van der Waals surface area contributed by atoms with Gasteiger partial charge in [-0.3, -0.25) is 0 Å². The third-order valence-electron chi connectivity index (χ3n) is 1.83. The zero-order valence-corrected chi connectivity index (χ0v) is 8.96. The molecule has 82 valence electrons. The molecule has 0 aliphatic rings. The Morgan fingerprint density at radius 2 is 2.00 bits per heavy atom. The average molecular weight is 254 g/mol. The van der Waals surface area contributed by atoms with Gasteiger partial charge in [0.2, 0.25) is 0 Å². The zero-order valence-electron chi connectivity index (χ0n) is 7.38. The van der Waals surface area contributed by atoms with Gasteiger partial charge < -0.3 is 5.73 Å². The van der Waals surface area contributed by atoms with Crippen molar-refractivity contribution in [2.24, 2.45) is 5.73 Å². The highest BCUT2D eigenvalue weighted by molar-refractivity contribution is 7.79. The van der Waals surface area contributed by atoms with Gasteiger partial charge in [-0.2, -0.15) is 13.2 Å². The Bertz CT molecular complexity index is 378. The zero-order chi connectivity index (χ0) is 11.6. The molecule has 1 nitrogen and oxygen atoms in total. The van der Waals surface area contributed by atoms with E-state index >= 15 is 0 Å². The molecule has 6 heteroatoms. The minimum atomic E-state index is -4.45. The van der Waals surface area contributed by atoms with E-state index in [1.54, 1.807) is 0 Å². The molecule has 0 bridgehead atoms. The van der Waals surface area contributed by atoms with Gasteiger partial charge in [0.15, 0.2) is 0 Å². The van der Waals surface area contributed by atoms with Gasteiger partial charge in [-0.05, 0) is 17.7 Å². The van der Waals surface area contributed by atoms with E-state index in [2.05, 4.69) is 12.2 Å². The molecule has 1 aromatic carbocycles. The number of benzene rings is 1. The van der Waals surface area contributed by atoms with Crippen LogP contribution in [-0.2, 0) is 6.18 Å². The van der Waals surface area contributed by atoms with E-state index in [0.29, 0.717) is 5.56 Å². The number of thiocarbonyl (C=S) groups is 1. The van der Waals surface area contributed by atoms with E-state index in [1.165, 1.54) is 17.5 Å². The number of halogens is 4. The van der Waals surface area contributed by atoms with Gasteiger partial charge in [-0.15, -0.1) is 0 Å². The summed E-state index contributed by atoms with van der Waals surface area (Å²) < 4.78 is 37.0. The second-order valence-corrected chi connectivity index (χ2v) is 3.58. The van der Waals surface area contributed by atoms with Crippen molar-refractivity contribution in [1.82, 2.24) is 0 Å². The number of hydrogen-bond donors (Lipinski definition) is 1. The molecule has 2 N–H and O–H groups in total. The Kier molecular flexibility index (Phi) is 3.70. The van der Waals surface area contributed by atoms with Crippen molar-refractivity contribution in [3.63, 3.8) is 0 Å². The van der Waals surface area contributed by atoms with Crippen LogP contribution in [0, 0.1) is 0 Å². The molecule has 0 aliphatic heterocycles. The van der Waals surface area contributed by atoms with Crippen LogP contribution in [0.15, 0.2) is 18.2 Å². The molecular weight excluding hydrogens is 247 g/mol. The van der Waals surface area contributed by atoms with E-state index < -0.39 is 17.8 Å². The summed E-state index contributed by atoms with van der Waals surface area (Å²) in [6.45, 7) is 0. The first-order valence-corrected chi connectivity index (χ1v) is 4.78. The molecule has 0 saturated heterocycles. The fourth-order valence-electron chi connectivity index (χ4n) is 1.05. The second-order valence-electron chi connectivity index (χ2n) is 2.90. The molecule has 15 heavy (non-hydrogen) atoms. The summed E-state index contributed by atoms with van der Waals surface area (Å²) >= 11 is 10.1. The number of alkyl halides is 3. The lowest BCUT2D eigenvalue weighted by atomic mass is 10.1. The van der Waals surface area contributed by atoms with Gasteiger partial charge in [0, 0.05) is 5.37 Å². The quantitative estimate of drug-likeness (QED) is 0.818. The van der Waals surface area contributed by atoms with E-state index in [0.717, 1.165) is 6.07 Å². The maximum atomic E-state index is 12.3. The highest BCUT2D eigenvalue weighted by Crippen LogP contribution is 2.35. The molecule has 0 aliphatic carbocycles. The van der Waals surface area contributed by atoms with E-state index in [9.17, 15) is 13.2 Å². The lowest BCUT2D eigenvalue weighted by molar-refractivity contribution is -0.137. The molecule has 1 unspecified atom stereocenters. The summed E-state index contributed by atoms with van der Waals surface area (Å²) in [4.78, 5) is 0. The van der Waals surface area contributed by atoms with E-state index in [4.69, 9.17) is 17.3 Å². The standard InChI is InChI=1S/C9H7ClF3NS/c10-7-3-5(8(14)4-15)1-2-6(7)9(11,12)13/h1-4,8H,14H2. The highest BCUT2D eigenvalue weighted by atomic mass is 35.5. The maximum Gasteiger partial charge on any atom is 0.417 e. The van der Waals surface area contributed by atoms with Crippen LogP contribution >= 0.6 is 23.8 Å². The molecule has 1 aromatic rings. The molecule has 1 atom stereocenters. The minimum Gasteiger partial charge on any atom is -0.320 e. The first-order chi connectivity index (χ1) is 6.86. The first kappa shape index (κ1) is 12.4. The largest absolute Gasteiger partial charge is 0.417 e. The van der Waals surface area contributed by atoms with Gasteiger partial charge in [-0.1, -0.05) is 29.9 Å². The molecule has 0 aromatic heterocycles. The second kappa shape index (κ2) is 4.47. The van der Waals surface area contributed by atoms with Gasteiger partial charge in [0.05, 0.1) is 16.6 Å². The van der Waals surface area contributed by atoms with Gasteiger partial charge in [0.1, 0.15) is 0 Å². The van der Waals surface area contributed by atoms with Crippen molar-refractivity contribution in [3.8, 4) is 0 Å². The summed E-state index contributed by atoms with van der Waals surface area (Å²) in [5, 5.41) is 0.895. The Balaban J connectivity index is 3.14. The fraction of sp³-hybridized carbons (Fsp3) is 0.222. The highest BCUT2D eigenvalue weighted by Gasteiger charge is 2.33. The molecule has 0 radical (unpaired) electrons. The normalized spacial score (nSPS) is 13.7. The summed E-state index contributed by atoms with van der Waals surface area (Å²) in [7, 11) is 0. The molecule has 0 fully saturated rings. The molecule has 1 rings (SSSR count). The van der Waals surface area contributed by atoms with Crippen LogP contribution in [0.4, 0.5) is 13.2 Å². The average Bonchev–Trinajstić information content (AvgIpc) is 2.14. The Labute approximate surface area is 95.0 Å². The van der Waals surface area contributed by atoms with Crippen molar-refractivity contribution in [2.45, 2.75) is 12.2 Å². The van der Waals surface area contributed by atoms with Crippen LogP contribution in [0.25, 0.3) is 0 Å². The summed E-state index contributed by atoms with van der Waals surface area (Å²) in [5.74, 6) is 0. The van der Waals surface area contributed by atoms with Gasteiger partial charge in [0.25, 0.3) is 0 Å². The van der Waals surface area contributed by atoms with Crippen LogP contribution in [0.2, 0.25) is 5.02 Å². The fourth-order valence-corrected chi connectivity index (χ4v) is 1.50. The van der Waals surface area contributed by atoms with E-state index in [1.807, 2.05) is 0 Å². The number of nitrogens with two attached hydrogens (primary N) is 1. The monoisotopic (exact) mass is 253 g/mol. The smallest absolute Gasteiger partial charge is 0.320 e. The summed E-state index contributed by atoms with van der Waals surface area (Å²) in [6.07, 6.45) is -4.45. The molecule has 0 saturated carbocycles. The van der Waals surface area contributed by atoms with Crippen LogP contribution in [0.5, 0.6) is 0 Å². The van der Waals surface area contributed by atoms with Crippen molar-refractivity contribution in [1.29, 1.82) is 0 Å². The van der Waals surface area contributed by atoms with Crippen molar-refractivity contribution < 1.29 is 13.2 Å². The SMILES string of the molecule is NC(C=S)c1ccc(C(F)(F)F)c(Cl)c1. The van der Waals surface area contributed by atoms with Crippen LogP contribution in [0.1, 0.15) is 17.2 Å². The van der Waals surface area contributed by atoms with Gasteiger partial charge >= 0.3 is 6.18 Å². The van der Waals surface area contributed by atoms with Crippen LogP contribution in [0.3, 0.4) is 0 Å². The van der Waals surface area contributed by atoms with Crippen molar-refractivity contribution in [2.75, 3.05) is 0 Å². The molecule has 0 heterocycles. The minimum absolute atomic E-state index is 0.368. The third-order valence-corrected chi connectivity index (χ3v) is 2.44. The number of rotatable bonds is 2. The summed E-state index contributed by atoms with van der Waals surface area (Å²) in [6, 6.07) is 2.76. The lowest BCUT2D eigenvalue weighted by Gasteiger charge is -2.11. The Morgan fingerprint density at radius 3 is 2.40 bits per heavy atom. The summed E-state index contributed by atoms with van der Waals surface area (Å²) in [5.41, 5.74) is 5.11. The number of hydrogen-bond acceptors (Lipinski definition) is 2. The molecular formula is C9H7ClF3NS. The Hall–Kier alpha value is -0.650. The predicted octanol–water partition coefficient (Wildman–Crippen LogP) is 3.36. The van der Waals surface area contributed by atoms with E-state index in [-0.39, 0.29) is 5.02 Å². The topological polar surface area (TPSA) is 26.0 Å². The van der Waals surface area contributed by atoms with Crippen LogP contribution in [-0.4, -0.2) is 5.37 Å². The predicted molar refractivity (Wildman–Crippen MR) is 57.0 cm³/mol. The molecule has 0 amide bonds. The third kappa shape index (κ3) is 2.90. The van der Waals surface area contributed by atoms with Gasteiger partial charge in [-0.25, -0.2) is 0 Å².